The average Bonchev–Trinajstić information content (AvgIpc) is 2.28. The first-order valence-corrected chi connectivity index (χ1v) is 6.31. The molecule has 0 radical (unpaired) electrons. The first kappa shape index (κ1) is 14.0. The fourth-order valence-electron chi connectivity index (χ4n) is 1.38. The number of nitrogens with zero attached hydrogens (tertiary/aromatic N) is 1. The molecule has 1 atom stereocenters. The van der Waals surface area contributed by atoms with Crippen LogP contribution in [0.15, 0.2) is 12.1 Å². The summed E-state index contributed by atoms with van der Waals surface area (Å²) in [6.07, 6.45) is 0.163. The van der Waals surface area contributed by atoms with Gasteiger partial charge in [0.25, 0.3) is 0 Å². The molecule has 0 saturated carbocycles. The summed E-state index contributed by atoms with van der Waals surface area (Å²) in [6.45, 7) is 11.1. The van der Waals surface area contributed by atoms with Gasteiger partial charge in [0.1, 0.15) is 0 Å². The lowest BCUT2D eigenvalue weighted by atomic mass is 10.1. The zero-order valence-electron chi connectivity index (χ0n) is 11.5. The maximum atomic E-state index is 5.84. The van der Waals surface area contributed by atoms with Gasteiger partial charge in [-0.15, -0.1) is 0 Å². The second-order valence-corrected chi connectivity index (χ2v) is 5.16. The summed E-state index contributed by atoms with van der Waals surface area (Å²) in [5.74, 6) is 1.55. The summed E-state index contributed by atoms with van der Waals surface area (Å²) < 4.78 is 5.84. The molecule has 3 heteroatoms. The molecule has 0 saturated heterocycles. The van der Waals surface area contributed by atoms with E-state index in [0.717, 1.165) is 11.3 Å². The molecule has 0 amide bonds. The van der Waals surface area contributed by atoms with Gasteiger partial charge >= 0.3 is 0 Å². The molecule has 1 heterocycles. The average molecular weight is 236 g/mol. The van der Waals surface area contributed by atoms with Crippen LogP contribution < -0.4 is 10.5 Å². The summed E-state index contributed by atoms with van der Waals surface area (Å²) >= 11 is 0. The van der Waals surface area contributed by atoms with Crippen molar-refractivity contribution in [1.82, 2.24) is 4.98 Å². The highest BCUT2D eigenvalue weighted by atomic mass is 16.5. The standard InChI is InChI=1S/C14H24N2O/c1-9(2)11(5)17-14-7-12(8-15)6-13(16-14)10(3)4/h6-7,9-11H,8,15H2,1-5H3. The number of pyridine rings is 1. The number of ether oxygens (including phenoxy) is 1. The molecule has 3 nitrogen and oxygen atoms in total. The fraction of sp³-hybridized carbons (Fsp3) is 0.643. The van der Waals surface area contributed by atoms with Gasteiger partial charge in [0.2, 0.25) is 5.88 Å². The van der Waals surface area contributed by atoms with Crippen LogP contribution in [0.3, 0.4) is 0 Å². The van der Waals surface area contributed by atoms with Crippen molar-refractivity contribution in [2.45, 2.75) is 53.2 Å². The Bertz CT molecular complexity index is 361. The fourth-order valence-corrected chi connectivity index (χ4v) is 1.38. The largest absolute Gasteiger partial charge is 0.474 e. The molecule has 17 heavy (non-hydrogen) atoms. The van der Waals surface area contributed by atoms with E-state index in [4.69, 9.17) is 10.5 Å². The lowest BCUT2D eigenvalue weighted by Crippen LogP contribution is -2.19. The van der Waals surface area contributed by atoms with Gasteiger partial charge in [0.15, 0.2) is 0 Å². The van der Waals surface area contributed by atoms with E-state index in [9.17, 15) is 0 Å². The molecule has 2 N–H and O–H groups in total. The molecule has 1 unspecified atom stereocenters. The zero-order valence-corrected chi connectivity index (χ0v) is 11.5. The predicted molar refractivity (Wildman–Crippen MR) is 71.1 cm³/mol. The Kier molecular flexibility index (Phi) is 4.94. The highest BCUT2D eigenvalue weighted by molar-refractivity contribution is 5.26. The van der Waals surface area contributed by atoms with E-state index in [2.05, 4.69) is 45.7 Å². The second kappa shape index (κ2) is 6.01. The minimum absolute atomic E-state index is 0.163. The third-order valence-corrected chi connectivity index (χ3v) is 2.95. The van der Waals surface area contributed by atoms with Gasteiger partial charge in [0.05, 0.1) is 6.10 Å². The van der Waals surface area contributed by atoms with Crippen LogP contribution in [0.5, 0.6) is 5.88 Å². The topological polar surface area (TPSA) is 48.1 Å². The van der Waals surface area contributed by atoms with Crippen LogP contribution in [0.1, 0.15) is 51.8 Å². The molecular formula is C14H24N2O. The summed E-state index contributed by atoms with van der Waals surface area (Å²) in [5, 5.41) is 0. The number of hydrogen-bond donors (Lipinski definition) is 1. The smallest absolute Gasteiger partial charge is 0.214 e. The van der Waals surface area contributed by atoms with Gasteiger partial charge < -0.3 is 10.5 Å². The molecular weight excluding hydrogens is 212 g/mol. The van der Waals surface area contributed by atoms with Crippen molar-refractivity contribution in [2.24, 2.45) is 11.7 Å². The Morgan fingerprint density at radius 1 is 1.18 bits per heavy atom. The van der Waals surface area contributed by atoms with E-state index in [1.807, 2.05) is 6.07 Å². The summed E-state index contributed by atoms with van der Waals surface area (Å²) in [5.41, 5.74) is 7.81. The molecule has 0 bridgehead atoms. The zero-order chi connectivity index (χ0) is 13.0. The first-order chi connectivity index (χ1) is 7.93. The molecule has 0 aliphatic heterocycles. The van der Waals surface area contributed by atoms with Crippen LogP contribution in [0.25, 0.3) is 0 Å². The molecule has 1 aromatic rings. The summed E-state index contributed by atoms with van der Waals surface area (Å²) in [6, 6.07) is 3.99. The SMILES string of the molecule is CC(C)c1cc(CN)cc(OC(C)C(C)C)n1. The predicted octanol–water partition coefficient (Wildman–Crippen LogP) is 3.09. The van der Waals surface area contributed by atoms with Crippen LogP contribution in [-0.4, -0.2) is 11.1 Å². The van der Waals surface area contributed by atoms with Gasteiger partial charge in [-0.1, -0.05) is 27.7 Å². The summed E-state index contributed by atoms with van der Waals surface area (Å²) in [4.78, 5) is 4.53. The minimum atomic E-state index is 0.163. The number of nitrogens with two attached hydrogens (primary N) is 1. The van der Waals surface area contributed by atoms with Gasteiger partial charge in [0, 0.05) is 18.3 Å². The van der Waals surface area contributed by atoms with Crippen LogP contribution in [-0.2, 0) is 6.54 Å². The lowest BCUT2D eigenvalue weighted by molar-refractivity contribution is 0.163. The quantitative estimate of drug-likeness (QED) is 0.854. The highest BCUT2D eigenvalue weighted by Crippen LogP contribution is 2.20. The minimum Gasteiger partial charge on any atom is -0.474 e. The van der Waals surface area contributed by atoms with E-state index in [1.54, 1.807) is 0 Å². The Labute approximate surface area is 104 Å². The molecule has 1 rings (SSSR count). The van der Waals surface area contributed by atoms with Crippen LogP contribution in [0, 0.1) is 5.92 Å². The lowest BCUT2D eigenvalue weighted by Gasteiger charge is -2.19. The Morgan fingerprint density at radius 2 is 1.82 bits per heavy atom. The maximum absolute atomic E-state index is 5.84. The third-order valence-electron chi connectivity index (χ3n) is 2.95. The van der Waals surface area contributed by atoms with Crippen molar-refractivity contribution in [3.8, 4) is 5.88 Å². The Morgan fingerprint density at radius 3 is 2.29 bits per heavy atom. The Balaban J connectivity index is 2.94. The van der Waals surface area contributed by atoms with Gasteiger partial charge in [-0.25, -0.2) is 4.98 Å². The van der Waals surface area contributed by atoms with Crippen molar-refractivity contribution >= 4 is 0 Å². The van der Waals surface area contributed by atoms with E-state index >= 15 is 0 Å². The van der Waals surface area contributed by atoms with E-state index in [1.165, 1.54) is 0 Å². The van der Waals surface area contributed by atoms with Crippen molar-refractivity contribution in [1.29, 1.82) is 0 Å². The van der Waals surface area contributed by atoms with Crippen LogP contribution in [0.4, 0.5) is 0 Å². The first-order valence-electron chi connectivity index (χ1n) is 6.31. The second-order valence-electron chi connectivity index (χ2n) is 5.16. The maximum Gasteiger partial charge on any atom is 0.214 e. The van der Waals surface area contributed by atoms with Crippen molar-refractivity contribution < 1.29 is 4.74 Å². The molecule has 0 spiro atoms. The van der Waals surface area contributed by atoms with Crippen molar-refractivity contribution in [3.63, 3.8) is 0 Å². The van der Waals surface area contributed by atoms with Crippen LogP contribution in [0.2, 0.25) is 0 Å². The monoisotopic (exact) mass is 236 g/mol. The van der Waals surface area contributed by atoms with Crippen molar-refractivity contribution in [2.75, 3.05) is 0 Å². The molecule has 0 aliphatic rings. The molecule has 0 aliphatic carbocycles. The van der Waals surface area contributed by atoms with Gasteiger partial charge in [-0.2, -0.15) is 0 Å². The third kappa shape index (κ3) is 4.00. The number of hydrogen-bond acceptors (Lipinski definition) is 3. The van der Waals surface area contributed by atoms with Crippen LogP contribution >= 0.6 is 0 Å². The van der Waals surface area contributed by atoms with E-state index < -0.39 is 0 Å². The van der Waals surface area contributed by atoms with Gasteiger partial charge in [-0.05, 0) is 30.4 Å². The highest BCUT2D eigenvalue weighted by Gasteiger charge is 2.12. The molecule has 0 aromatic carbocycles. The number of rotatable bonds is 5. The molecule has 1 aromatic heterocycles. The molecule has 96 valence electrons. The van der Waals surface area contributed by atoms with Crippen molar-refractivity contribution in [3.05, 3.63) is 23.4 Å². The number of aromatic nitrogens is 1. The Hall–Kier alpha value is -1.09. The van der Waals surface area contributed by atoms with Gasteiger partial charge in [-0.3, -0.25) is 0 Å². The normalized spacial score (nSPS) is 13.2. The van der Waals surface area contributed by atoms with E-state index in [0.29, 0.717) is 24.3 Å². The molecule has 0 fully saturated rings. The summed E-state index contributed by atoms with van der Waals surface area (Å²) in [7, 11) is 0. The van der Waals surface area contributed by atoms with E-state index in [-0.39, 0.29) is 6.10 Å².